The van der Waals surface area contributed by atoms with Crippen molar-refractivity contribution in [3.8, 4) is 0 Å². The van der Waals surface area contributed by atoms with Crippen LogP contribution in [0.4, 0.5) is 4.39 Å². The fourth-order valence-corrected chi connectivity index (χ4v) is 4.01. The average molecular weight is 305 g/mol. The monoisotopic (exact) mass is 305 g/mol. The van der Waals surface area contributed by atoms with Crippen molar-refractivity contribution < 1.29 is 14.3 Å². The topological polar surface area (TPSA) is 40.5 Å². The lowest BCUT2D eigenvalue weighted by Crippen LogP contribution is -2.53. The molecule has 1 N–H and O–H groups in total. The molecule has 4 heteroatoms. The van der Waals surface area contributed by atoms with Crippen molar-refractivity contribution in [2.45, 2.75) is 56.0 Å². The lowest BCUT2D eigenvalue weighted by molar-refractivity contribution is -0.142. The summed E-state index contributed by atoms with van der Waals surface area (Å²) in [4.78, 5) is 14.6. The summed E-state index contributed by atoms with van der Waals surface area (Å²) in [5.41, 5.74) is -0.558. The molecule has 3 rings (SSSR count). The third kappa shape index (κ3) is 2.65. The second-order valence-corrected chi connectivity index (χ2v) is 7.04. The Morgan fingerprint density at radius 2 is 1.91 bits per heavy atom. The maximum atomic E-state index is 13.5. The maximum absolute atomic E-state index is 13.5. The molecule has 2 fully saturated rings. The van der Waals surface area contributed by atoms with E-state index in [2.05, 4.69) is 0 Å². The number of likely N-dealkylation sites (N-methyl/N-ethyl adjacent to an activating group) is 1. The molecule has 0 atom stereocenters. The number of benzene rings is 1. The van der Waals surface area contributed by atoms with E-state index in [1.54, 1.807) is 18.0 Å². The molecule has 120 valence electrons. The predicted molar refractivity (Wildman–Crippen MR) is 83.0 cm³/mol. The molecule has 1 amide bonds. The van der Waals surface area contributed by atoms with Gasteiger partial charge in [0.15, 0.2) is 0 Å². The fraction of sp³-hybridized carbons (Fsp3) is 0.611. The van der Waals surface area contributed by atoms with Crippen molar-refractivity contribution in [1.82, 2.24) is 4.90 Å². The first kappa shape index (κ1) is 15.5. The Kier molecular flexibility index (Phi) is 3.98. The summed E-state index contributed by atoms with van der Waals surface area (Å²) in [5, 5.41) is 10.5. The van der Waals surface area contributed by atoms with E-state index < -0.39 is 11.0 Å². The van der Waals surface area contributed by atoms with Crippen molar-refractivity contribution in [3.63, 3.8) is 0 Å². The molecule has 0 bridgehead atoms. The zero-order chi connectivity index (χ0) is 15.8. The Bertz CT molecular complexity index is 562. The van der Waals surface area contributed by atoms with E-state index >= 15 is 0 Å². The molecule has 0 aromatic heterocycles. The molecule has 22 heavy (non-hydrogen) atoms. The van der Waals surface area contributed by atoms with Gasteiger partial charge in [0.05, 0.1) is 11.0 Å². The number of hydrogen-bond donors (Lipinski definition) is 1. The molecular weight excluding hydrogens is 281 g/mol. The molecule has 0 radical (unpaired) electrons. The number of rotatable bonds is 4. The van der Waals surface area contributed by atoms with E-state index in [-0.39, 0.29) is 11.7 Å². The standard InChI is InChI=1S/C18H24FNO2/c1-20(13-17(22)8-2-3-9-17)16(21)18(10-5-11-18)14-6-4-7-15(19)12-14/h4,6-7,12,22H,2-3,5,8-11,13H2,1H3. The van der Waals surface area contributed by atoms with Crippen LogP contribution in [0.15, 0.2) is 24.3 Å². The number of halogens is 1. The van der Waals surface area contributed by atoms with Gasteiger partial charge in [-0.15, -0.1) is 0 Å². The zero-order valence-corrected chi connectivity index (χ0v) is 13.1. The molecule has 0 heterocycles. The predicted octanol–water partition coefficient (Wildman–Crippen LogP) is 3.01. The smallest absolute Gasteiger partial charge is 0.233 e. The van der Waals surface area contributed by atoms with Gasteiger partial charge in [0.1, 0.15) is 5.82 Å². The van der Waals surface area contributed by atoms with Crippen LogP contribution in [0.1, 0.15) is 50.5 Å². The Morgan fingerprint density at radius 1 is 1.23 bits per heavy atom. The molecule has 3 nitrogen and oxygen atoms in total. The first-order valence-electron chi connectivity index (χ1n) is 8.19. The van der Waals surface area contributed by atoms with E-state index in [0.29, 0.717) is 6.54 Å². The minimum absolute atomic E-state index is 0.0182. The van der Waals surface area contributed by atoms with Crippen LogP contribution in [0.25, 0.3) is 0 Å². The summed E-state index contributed by atoms with van der Waals surface area (Å²) < 4.78 is 13.5. The lowest BCUT2D eigenvalue weighted by atomic mass is 9.63. The normalized spacial score (nSPS) is 22.1. The van der Waals surface area contributed by atoms with Gasteiger partial charge >= 0.3 is 0 Å². The van der Waals surface area contributed by atoms with Gasteiger partial charge in [0.25, 0.3) is 0 Å². The highest BCUT2D eigenvalue weighted by Crippen LogP contribution is 2.45. The number of nitrogens with zero attached hydrogens (tertiary/aromatic N) is 1. The molecule has 2 aliphatic carbocycles. The summed E-state index contributed by atoms with van der Waals surface area (Å²) in [6, 6.07) is 6.40. The van der Waals surface area contributed by atoms with Crippen molar-refractivity contribution in [3.05, 3.63) is 35.6 Å². The van der Waals surface area contributed by atoms with E-state index in [9.17, 15) is 14.3 Å². The molecule has 2 aliphatic rings. The molecule has 0 unspecified atom stereocenters. The summed E-state index contributed by atoms with van der Waals surface area (Å²) >= 11 is 0. The number of carbonyl (C=O) groups is 1. The largest absolute Gasteiger partial charge is 0.388 e. The Morgan fingerprint density at radius 3 is 2.45 bits per heavy atom. The van der Waals surface area contributed by atoms with Gasteiger partial charge in [0, 0.05) is 13.6 Å². The van der Waals surface area contributed by atoms with E-state index in [1.807, 2.05) is 6.07 Å². The molecular formula is C18H24FNO2. The van der Waals surface area contributed by atoms with E-state index in [1.165, 1.54) is 12.1 Å². The van der Waals surface area contributed by atoms with Gasteiger partial charge in [0.2, 0.25) is 5.91 Å². The van der Waals surface area contributed by atoms with Crippen molar-refractivity contribution in [2.75, 3.05) is 13.6 Å². The number of carbonyl (C=O) groups excluding carboxylic acids is 1. The molecule has 0 saturated heterocycles. The summed E-state index contributed by atoms with van der Waals surface area (Å²) in [6.45, 7) is 0.378. The maximum Gasteiger partial charge on any atom is 0.233 e. The molecule has 2 saturated carbocycles. The highest BCUT2D eigenvalue weighted by Gasteiger charge is 2.48. The molecule has 0 aliphatic heterocycles. The first-order chi connectivity index (χ1) is 10.5. The summed E-state index contributed by atoms with van der Waals surface area (Å²) in [6.07, 6.45) is 6.08. The van der Waals surface area contributed by atoms with Gasteiger partial charge in [-0.3, -0.25) is 4.79 Å². The Balaban J connectivity index is 1.79. The van der Waals surface area contributed by atoms with Gasteiger partial charge in [-0.2, -0.15) is 0 Å². The van der Waals surface area contributed by atoms with Crippen molar-refractivity contribution >= 4 is 5.91 Å². The van der Waals surface area contributed by atoms with Crippen LogP contribution < -0.4 is 0 Å². The van der Waals surface area contributed by atoms with Crippen molar-refractivity contribution in [1.29, 1.82) is 0 Å². The van der Waals surface area contributed by atoms with Crippen LogP contribution in [0.3, 0.4) is 0 Å². The van der Waals surface area contributed by atoms with E-state index in [4.69, 9.17) is 0 Å². The number of aliphatic hydroxyl groups is 1. The van der Waals surface area contributed by atoms with Crippen LogP contribution in [-0.2, 0) is 10.2 Å². The second-order valence-electron chi connectivity index (χ2n) is 7.04. The Hall–Kier alpha value is -1.42. The first-order valence-corrected chi connectivity index (χ1v) is 8.19. The zero-order valence-electron chi connectivity index (χ0n) is 13.1. The molecule has 0 spiro atoms. The quantitative estimate of drug-likeness (QED) is 0.929. The second kappa shape index (κ2) is 5.65. The molecule has 1 aromatic carbocycles. The van der Waals surface area contributed by atoms with Crippen molar-refractivity contribution in [2.24, 2.45) is 0 Å². The fourth-order valence-electron chi connectivity index (χ4n) is 4.01. The highest BCUT2D eigenvalue weighted by atomic mass is 19.1. The summed E-state index contributed by atoms with van der Waals surface area (Å²) in [5.74, 6) is -0.279. The van der Waals surface area contributed by atoms with Gasteiger partial charge < -0.3 is 10.0 Å². The van der Waals surface area contributed by atoms with Gasteiger partial charge in [-0.1, -0.05) is 31.4 Å². The van der Waals surface area contributed by atoms with Crippen LogP contribution in [0.2, 0.25) is 0 Å². The summed E-state index contributed by atoms with van der Waals surface area (Å²) in [7, 11) is 1.76. The highest BCUT2D eigenvalue weighted by molar-refractivity contribution is 5.89. The van der Waals surface area contributed by atoms with Crippen LogP contribution in [0, 0.1) is 5.82 Å². The van der Waals surface area contributed by atoms with Crippen LogP contribution in [0.5, 0.6) is 0 Å². The van der Waals surface area contributed by atoms with Crippen LogP contribution in [-0.4, -0.2) is 35.1 Å². The van der Waals surface area contributed by atoms with E-state index in [0.717, 1.165) is 50.5 Å². The third-order valence-electron chi connectivity index (χ3n) is 5.41. The Labute approximate surface area is 131 Å². The third-order valence-corrected chi connectivity index (χ3v) is 5.41. The average Bonchev–Trinajstić information content (AvgIpc) is 2.84. The number of amides is 1. The number of hydrogen-bond acceptors (Lipinski definition) is 2. The molecule has 1 aromatic rings. The van der Waals surface area contributed by atoms with Gasteiger partial charge in [-0.05, 0) is 43.4 Å². The van der Waals surface area contributed by atoms with Gasteiger partial charge in [-0.25, -0.2) is 4.39 Å². The minimum Gasteiger partial charge on any atom is -0.388 e. The SMILES string of the molecule is CN(CC1(O)CCCC1)C(=O)C1(c2cccc(F)c2)CCC1. The lowest BCUT2D eigenvalue weighted by Gasteiger charge is -2.44. The minimum atomic E-state index is -0.739. The van der Waals surface area contributed by atoms with Crippen LogP contribution >= 0.6 is 0 Å².